The van der Waals surface area contributed by atoms with Crippen molar-refractivity contribution in [1.29, 1.82) is 0 Å². The molecule has 0 bridgehead atoms. The van der Waals surface area contributed by atoms with Gasteiger partial charge in [0.25, 0.3) is 0 Å². The minimum Gasteiger partial charge on any atom is -0.478 e. The first-order valence-corrected chi connectivity index (χ1v) is 8.56. The van der Waals surface area contributed by atoms with Crippen LogP contribution in [-0.4, -0.2) is 23.5 Å². The largest absolute Gasteiger partial charge is 0.478 e. The first kappa shape index (κ1) is 17.2. The quantitative estimate of drug-likeness (QED) is 0.849. The number of benzene rings is 2. The number of nitrogens with zero attached hydrogens (tertiary/aromatic N) is 1. The molecule has 1 saturated heterocycles. The number of piperidine rings is 1. The van der Waals surface area contributed by atoms with Crippen LogP contribution in [0.1, 0.15) is 40.7 Å². The minimum atomic E-state index is -0.910. The number of carboxylic acid groups (broad SMARTS) is 1. The standard InChI is InChI=1S/C20H22N2O3/c23-19-3-1-2-12-22(19)18-10-6-16(7-11-18)14-21-13-15-4-8-17(9-5-15)20(24)25/h4-11,21H,1-3,12-14H2,(H,24,25). The second-order valence-corrected chi connectivity index (χ2v) is 6.27. The topological polar surface area (TPSA) is 69.6 Å². The van der Waals surface area contributed by atoms with Crippen molar-refractivity contribution >= 4 is 17.6 Å². The summed E-state index contributed by atoms with van der Waals surface area (Å²) in [5, 5.41) is 12.2. The van der Waals surface area contributed by atoms with Crippen LogP contribution in [0, 0.1) is 0 Å². The smallest absolute Gasteiger partial charge is 0.335 e. The summed E-state index contributed by atoms with van der Waals surface area (Å²) in [5.41, 5.74) is 3.46. The van der Waals surface area contributed by atoms with Gasteiger partial charge in [0.15, 0.2) is 0 Å². The molecule has 2 aromatic carbocycles. The van der Waals surface area contributed by atoms with E-state index in [4.69, 9.17) is 5.11 Å². The van der Waals surface area contributed by atoms with Crippen LogP contribution in [-0.2, 0) is 17.9 Å². The Balaban J connectivity index is 1.51. The zero-order chi connectivity index (χ0) is 17.6. The van der Waals surface area contributed by atoms with Crippen LogP contribution in [0.3, 0.4) is 0 Å². The number of carbonyl (C=O) groups is 2. The summed E-state index contributed by atoms with van der Waals surface area (Å²) >= 11 is 0. The lowest BCUT2D eigenvalue weighted by Crippen LogP contribution is -2.35. The van der Waals surface area contributed by atoms with Crippen LogP contribution in [0.25, 0.3) is 0 Å². The Morgan fingerprint density at radius 1 is 0.960 bits per heavy atom. The van der Waals surface area contributed by atoms with Crippen molar-refractivity contribution in [2.75, 3.05) is 11.4 Å². The van der Waals surface area contributed by atoms with Crippen LogP contribution >= 0.6 is 0 Å². The van der Waals surface area contributed by atoms with Crippen molar-refractivity contribution in [3.05, 3.63) is 65.2 Å². The fourth-order valence-corrected chi connectivity index (χ4v) is 2.99. The lowest BCUT2D eigenvalue weighted by atomic mass is 10.1. The number of nitrogens with one attached hydrogen (secondary N) is 1. The molecule has 0 unspecified atom stereocenters. The molecule has 0 aromatic heterocycles. The number of anilines is 1. The molecule has 0 saturated carbocycles. The molecule has 1 fully saturated rings. The molecule has 25 heavy (non-hydrogen) atoms. The van der Waals surface area contributed by atoms with E-state index in [1.807, 2.05) is 41.3 Å². The number of carbonyl (C=O) groups excluding carboxylic acids is 1. The van der Waals surface area contributed by atoms with Gasteiger partial charge in [0.1, 0.15) is 0 Å². The number of hydrogen-bond acceptors (Lipinski definition) is 3. The maximum atomic E-state index is 12.0. The number of carboxylic acids is 1. The van der Waals surface area contributed by atoms with E-state index in [1.165, 1.54) is 0 Å². The molecule has 5 heteroatoms. The summed E-state index contributed by atoms with van der Waals surface area (Å²) in [4.78, 5) is 24.7. The van der Waals surface area contributed by atoms with Gasteiger partial charge < -0.3 is 15.3 Å². The number of amides is 1. The third-order valence-corrected chi connectivity index (χ3v) is 4.43. The van der Waals surface area contributed by atoms with Crippen molar-refractivity contribution in [2.24, 2.45) is 0 Å². The fraction of sp³-hybridized carbons (Fsp3) is 0.300. The van der Waals surface area contributed by atoms with Gasteiger partial charge in [-0.2, -0.15) is 0 Å². The monoisotopic (exact) mass is 338 g/mol. The van der Waals surface area contributed by atoms with Gasteiger partial charge in [0.2, 0.25) is 5.91 Å². The van der Waals surface area contributed by atoms with Gasteiger partial charge in [0.05, 0.1) is 5.56 Å². The van der Waals surface area contributed by atoms with Crippen molar-refractivity contribution in [2.45, 2.75) is 32.4 Å². The van der Waals surface area contributed by atoms with Crippen LogP contribution < -0.4 is 10.2 Å². The van der Waals surface area contributed by atoms with Crippen molar-refractivity contribution in [1.82, 2.24) is 5.32 Å². The van der Waals surface area contributed by atoms with E-state index < -0.39 is 5.97 Å². The molecule has 2 aromatic rings. The Morgan fingerprint density at radius 3 is 2.12 bits per heavy atom. The first-order valence-electron chi connectivity index (χ1n) is 8.56. The summed E-state index contributed by atoms with van der Waals surface area (Å²) in [6, 6.07) is 15.0. The predicted molar refractivity (Wildman–Crippen MR) is 96.6 cm³/mol. The van der Waals surface area contributed by atoms with Crippen LogP contribution in [0.15, 0.2) is 48.5 Å². The third kappa shape index (κ3) is 4.45. The van der Waals surface area contributed by atoms with Gasteiger partial charge in [-0.15, -0.1) is 0 Å². The Kier molecular flexibility index (Phi) is 5.46. The number of hydrogen-bond donors (Lipinski definition) is 2. The summed E-state index contributed by atoms with van der Waals surface area (Å²) in [5.74, 6) is -0.700. The molecule has 1 aliphatic heterocycles. The summed E-state index contributed by atoms with van der Waals surface area (Å²) < 4.78 is 0. The SMILES string of the molecule is O=C(O)c1ccc(CNCc2ccc(N3CCCCC3=O)cc2)cc1. The second-order valence-electron chi connectivity index (χ2n) is 6.27. The maximum Gasteiger partial charge on any atom is 0.335 e. The molecule has 0 radical (unpaired) electrons. The minimum absolute atomic E-state index is 0.210. The molecule has 3 rings (SSSR count). The lowest BCUT2D eigenvalue weighted by Gasteiger charge is -2.26. The van der Waals surface area contributed by atoms with E-state index >= 15 is 0 Å². The maximum absolute atomic E-state index is 12.0. The van der Waals surface area contributed by atoms with Crippen molar-refractivity contribution in [3.63, 3.8) is 0 Å². The summed E-state index contributed by atoms with van der Waals surface area (Å²) in [7, 11) is 0. The molecule has 0 aliphatic carbocycles. The average Bonchev–Trinajstić information content (AvgIpc) is 2.63. The highest BCUT2D eigenvalue weighted by Crippen LogP contribution is 2.21. The van der Waals surface area contributed by atoms with E-state index in [2.05, 4.69) is 5.32 Å². The first-order chi connectivity index (χ1) is 12.1. The Labute approximate surface area is 147 Å². The van der Waals surface area contributed by atoms with E-state index in [0.29, 0.717) is 18.5 Å². The molecule has 2 N–H and O–H groups in total. The van der Waals surface area contributed by atoms with Gasteiger partial charge in [-0.3, -0.25) is 4.79 Å². The molecular weight excluding hydrogens is 316 g/mol. The van der Waals surface area contributed by atoms with Gasteiger partial charge >= 0.3 is 5.97 Å². The normalized spacial score (nSPS) is 14.6. The molecule has 1 aliphatic rings. The second kappa shape index (κ2) is 7.94. The van der Waals surface area contributed by atoms with E-state index in [0.717, 1.165) is 42.7 Å². The van der Waals surface area contributed by atoms with Gasteiger partial charge in [-0.05, 0) is 48.2 Å². The van der Waals surface area contributed by atoms with Crippen LogP contribution in [0.2, 0.25) is 0 Å². The fourth-order valence-electron chi connectivity index (χ4n) is 2.99. The average molecular weight is 338 g/mol. The molecule has 5 nitrogen and oxygen atoms in total. The Morgan fingerprint density at radius 2 is 1.56 bits per heavy atom. The lowest BCUT2D eigenvalue weighted by molar-refractivity contribution is -0.119. The van der Waals surface area contributed by atoms with Crippen molar-refractivity contribution in [3.8, 4) is 0 Å². The van der Waals surface area contributed by atoms with Crippen LogP contribution in [0.5, 0.6) is 0 Å². The van der Waals surface area contributed by atoms with E-state index in [-0.39, 0.29) is 5.91 Å². The molecular formula is C20H22N2O3. The Hall–Kier alpha value is -2.66. The van der Waals surface area contributed by atoms with E-state index in [1.54, 1.807) is 12.1 Å². The van der Waals surface area contributed by atoms with Gasteiger partial charge in [-0.1, -0.05) is 24.3 Å². The highest BCUT2D eigenvalue weighted by molar-refractivity contribution is 5.93. The highest BCUT2D eigenvalue weighted by Gasteiger charge is 2.19. The molecule has 1 heterocycles. The molecule has 1 amide bonds. The van der Waals surface area contributed by atoms with Gasteiger partial charge in [-0.25, -0.2) is 4.79 Å². The van der Waals surface area contributed by atoms with Crippen LogP contribution in [0.4, 0.5) is 5.69 Å². The summed E-state index contributed by atoms with van der Waals surface area (Å²) in [6.07, 6.45) is 2.70. The number of rotatable bonds is 6. The zero-order valence-corrected chi connectivity index (χ0v) is 14.1. The van der Waals surface area contributed by atoms with Gasteiger partial charge in [0, 0.05) is 31.7 Å². The molecule has 0 spiro atoms. The van der Waals surface area contributed by atoms with Crippen molar-refractivity contribution < 1.29 is 14.7 Å². The zero-order valence-electron chi connectivity index (χ0n) is 14.1. The molecule has 0 atom stereocenters. The van der Waals surface area contributed by atoms with E-state index in [9.17, 15) is 9.59 Å². The molecule has 130 valence electrons. The predicted octanol–water partition coefficient (Wildman–Crippen LogP) is 3.19. The highest BCUT2D eigenvalue weighted by atomic mass is 16.4. The Bertz CT molecular complexity index is 739. The number of aromatic carboxylic acids is 1. The third-order valence-electron chi connectivity index (χ3n) is 4.43. The summed E-state index contributed by atoms with van der Waals surface area (Å²) in [6.45, 7) is 2.20.